The van der Waals surface area contributed by atoms with Crippen LogP contribution in [0.3, 0.4) is 0 Å². The van der Waals surface area contributed by atoms with Crippen LogP contribution in [0.2, 0.25) is 0 Å². The fourth-order valence-corrected chi connectivity index (χ4v) is 7.94. The number of aliphatic hydroxyl groups is 2. The van der Waals surface area contributed by atoms with Gasteiger partial charge in [0.15, 0.2) is 15.6 Å². The molecule has 0 aliphatic carbocycles. The van der Waals surface area contributed by atoms with Crippen LogP contribution in [0, 0.1) is 11.8 Å². The SMILES string of the molecule is C=C1C(C[C@@H]2O[C@H](CC3COC(C)(C)O3)[C@H](OC)[C@H]2CS(=O)(=O)c2ccccc2)O[C@@H](CC[C@H](O)CO)C[C@H]1C. The van der Waals surface area contributed by atoms with Gasteiger partial charge in [0, 0.05) is 25.9 Å². The molecule has 10 heteroatoms. The van der Waals surface area contributed by atoms with Crippen molar-refractivity contribution in [3.63, 3.8) is 0 Å². The van der Waals surface area contributed by atoms with Gasteiger partial charge in [-0.15, -0.1) is 0 Å². The second-order valence-corrected chi connectivity index (χ2v) is 14.0. The van der Waals surface area contributed by atoms with Gasteiger partial charge in [-0.2, -0.15) is 0 Å². The normalized spacial score (nSPS) is 35.2. The first kappa shape index (κ1) is 31.6. The highest BCUT2D eigenvalue weighted by Crippen LogP contribution is 2.41. The highest BCUT2D eigenvalue weighted by Gasteiger charge is 2.50. The van der Waals surface area contributed by atoms with E-state index >= 15 is 0 Å². The van der Waals surface area contributed by atoms with E-state index in [9.17, 15) is 18.6 Å². The summed E-state index contributed by atoms with van der Waals surface area (Å²) in [6.45, 7) is 10.3. The maximum atomic E-state index is 13.5. The lowest BCUT2D eigenvalue weighted by molar-refractivity contribution is -0.144. The number of hydrogen-bond acceptors (Lipinski definition) is 9. The molecule has 3 saturated heterocycles. The Hall–Kier alpha value is -1.37. The molecule has 3 aliphatic rings. The van der Waals surface area contributed by atoms with E-state index in [1.807, 2.05) is 13.8 Å². The third-order valence-corrected chi connectivity index (χ3v) is 10.3. The first-order valence-corrected chi connectivity index (χ1v) is 16.0. The average molecular weight is 583 g/mol. The molecule has 2 unspecified atom stereocenters. The van der Waals surface area contributed by atoms with Crippen molar-refractivity contribution in [2.45, 2.75) is 106 Å². The van der Waals surface area contributed by atoms with Gasteiger partial charge in [0.05, 0.1) is 66.6 Å². The van der Waals surface area contributed by atoms with E-state index in [1.165, 1.54) is 0 Å². The molecule has 3 fully saturated rings. The van der Waals surface area contributed by atoms with Crippen LogP contribution in [0.25, 0.3) is 0 Å². The molecule has 40 heavy (non-hydrogen) atoms. The van der Waals surface area contributed by atoms with Crippen molar-refractivity contribution in [3.05, 3.63) is 42.5 Å². The fourth-order valence-electron chi connectivity index (χ4n) is 6.27. The summed E-state index contributed by atoms with van der Waals surface area (Å²) >= 11 is 0. The van der Waals surface area contributed by atoms with Crippen LogP contribution in [-0.4, -0.2) is 93.2 Å². The highest BCUT2D eigenvalue weighted by atomic mass is 32.2. The predicted octanol–water partition coefficient (Wildman–Crippen LogP) is 3.27. The molecule has 9 atom stereocenters. The Morgan fingerprint density at radius 1 is 1.12 bits per heavy atom. The Morgan fingerprint density at radius 3 is 2.48 bits per heavy atom. The lowest BCUT2D eigenvalue weighted by atomic mass is 9.83. The monoisotopic (exact) mass is 582 g/mol. The van der Waals surface area contributed by atoms with Crippen molar-refractivity contribution in [1.29, 1.82) is 0 Å². The summed E-state index contributed by atoms with van der Waals surface area (Å²) in [4.78, 5) is 0.274. The smallest absolute Gasteiger partial charge is 0.178 e. The summed E-state index contributed by atoms with van der Waals surface area (Å²) in [7, 11) is -2.02. The maximum absolute atomic E-state index is 13.5. The Balaban J connectivity index is 1.54. The molecule has 1 aromatic rings. The predicted molar refractivity (Wildman–Crippen MR) is 149 cm³/mol. The van der Waals surface area contributed by atoms with Crippen molar-refractivity contribution >= 4 is 9.84 Å². The molecule has 0 radical (unpaired) electrons. The number of aliphatic hydroxyl groups excluding tert-OH is 2. The summed E-state index contributed by atoms with van der Waals surface area (Å²) in [6, 6.07) is 8.47. The summed E-state index contributed by atoms with van der Waals surface area (Å²) in [5.74, 6) is -1.03. The summed E-state index contributed by atoms with van der Waals surface area (Å²) in [5, 5.41) is 19.0. The minimum absolute atomic E-state index is 0.0973. The molecule has 3 heterocycles. The summed E-state index contributed by atoms with van der Waals surface area (Å²) in [5.41, 5.74) is 0.957. The van der Waals surface area contributed by atoms with Gasteiger partial charge in [-0.3, -0.25) is 0 Å². The van der Waals surface area contributed by atoms with Gasteiger partial charge in [-0.1, -0.05) is 31.7 Å². The topological polar surface area (TPSA) is 121 Å². The molecule has 0 saturated carbocycles. The van der Waals surface area contributed by atoms with E-state index in [2.05, 4.69) is 13.5 Å². The number of methoxy groups -OCH3 is 1. The Morgan fingerprint density at radius 2 is 1.85 bits per heavy atom. The van der Waals surface area contributed by atoms with Crippen LogP contribution in [0.15, 0.2) is 47.4 Å². The first-order chi connectivity index (χ1) is 18.9. The van der Waals surface area contributed by atoms with Crippen LogP contribution in [0.1, 0.15) is 52.9 Å². The number of rotatable bonds is 12. The molecule has 0 spiro atoms. The van der Waals surface area contributed by atoms with Gasteiger partial charge in [-0.05, 0) is 56.7 Å². The second kappa shape index (κ2) is 13.3. The average Bonchev–Trinajstić information content (AvgIpc) is 3.42. The molecule has 2 N–H and O–H groups in total. The van der Waals surface area contributed by atoms with E-state index in [-0.39, 0.29) is 47.6 Å². The molecular weight excluding hydrogens is 536 g/mol. The van der Waals surface area contributed by atoms with Crippen molar-refractivity contribution in [2.75, 3.05) is 26.1 Å². The Bertz CT molecular complexity index is 1080. The second-order valence-electron chi connectivity index (χ2n) is 12.0. The first-order valence-electron chi connectivity index (χ1n) is 14.3. The maximum Gasteiger partial charge on any atom is 0.178 e. The van der Waals surface area contributed by atoms with E-state index < -0.39 is 39.9 Å². The van der Waals surface area contributed by atoms with E-state index in [4.69, 9.17) is 23.7 Å². The van der Waals surface area contributed by atoms with Gasteiger partial charge in [0.2, 0.25) is 0 Å². The van der Waals surface area contributed by atoms with Crippen LogP contribution < -0.4 is 0 Å². The molecule has 9 nitrogen and oxygen atoms in total. The Labute approximate surface area is 238 Å². The molecule has 1 aromatic carbocycles. The molecule has 4 rings (SSSR count). The van der Waals surface area contributed by atoms with Gasteiger partial charge >= 0.3 is 0 Å². The van der Waals surface area contributed by atoms with E-state index in [0.717, 1.165) is 12.0 Å². The zero-order valence-electron chi connectivity index (χ0n) is 24.1. The number of sulfone groups is 1. The summed E-state index contributed by atoms with van der Waals surface area (Å²) in [6.07, 6.45) is 0.138. The number of benzene rings is 1. The lowest BCUT2D eigenvalue weighted by Gasteiger charge is -2.38. The summed E-state index contributed by atoms with van der Waals surface area (Å²) < 4.78 is 57.8. The van der Waals surface area contributed by atoms with Crippen molar-refractivity contribution in [3.8, 4) is 0 Å². The third-order valence-electron chi connectivity index (χ3n) is 8.46. The molecule has 226 valence electrons. The lowest BCUT2D eigenvalue weighted by Crippen LogP contribution is -2.40. The molecule has 0 aromatic heterocycles. The van der Waals surface area contributed by atoms with Crippen molar-refractivity contribution in [2.24, 2.45) is 11.8 Å². The minimum atomic E-state index is -3.62. The van der Waals surface area contributed by atoms with Crippen molar-refractivity contribution in [1.82, 2.24) is 0 Å². The zero-order valence-corrected chi connectivity index (χ0v) is 24.9. The van der Waals surface area contributed by atoms with Gasteiger partial charge in [0.1, 0.15) is 0 Å². The molecule has 3 aliphatic heterocycles. The zero-order chi connectivity index (χ0) is 29.1. The van der Waals surface area contributed by atoms with Crippen LogP contribution in [0.5, 0.6) is 0 Å². The number of hydrogen-bond donors (Lipinski definition) is 2. The standard InChI is InChI=1S/C30H46O9S/c1-19-13-22(12-11-21(32)16-31)37-26(20(19)2)15-27-25(18-40(33,34)24-9-7-6-8-10-24)29(35-5)28(38-27)14-23-17-36-30(3,4)39-23/h6-10,19,21-23,25-29,31-32H,2,11-18H2,1,3-5H3/t19-,21+,22+,23?,25+,26?,27+,28-,29-/m1/s1. The van der Waals surface area contributed by atoms with Gasteiger partial charge in [-0.25, -0.2) is 8.42 Å². The van der Waals surface area contributed by atoms with Crippen molar-refractivity contribution < 1.29 is 42.3 Å². The van der Waals surface area contributed by atoms with Crippen LogP contribution in [-0.2, 0) is 33.5 Å². The molecule has 0 amide bonds. The molecular formula is C30H46O9S. The molecule has 0 bridgehead atoms. The quantitative estimate of drug-likeness (QED) is 0.358. The Kier molecular flexibility index (Phi) is 10.5. The largest absolute Gasteiger partial charge is 0.394 e. The highest BCUT2D eigenvalue weighted by molar-refractivity contribution is 7.91. The number of ether oxygens (including phenoxy) is 5. The van der Waals surface area contributed by atoms with Crippen LogP contribution >= 0.6 is 0 Å². The van der Waals surface area contributed by atoms with E-state index in [0.29, 0.717) is 32.3 Å². The van der Waals surface area contributed by atoms with Gasteiger partial charge in [0.25, 0.3) is 0 Å². The van der Waals surface area contributed by atoms with Gasteiger partial charge < -0.3 is 33.9 Å². The fraction of sp³-hybridized carbons (Fsp3) is 0.733. The van der Waals surface area contributed by atoms with E-state index in [1.54, 1.807) is 37.4 Å². The van der Waals surface area contributed by atoms with Crippen LogP contribution in [0.4, 0.5) is 0 Å². The third kappa shape index (κ3) is 7.72. The minimum Gasteiger partial charge on any atom is -0.394 e.